The molecule has 0 saturated carbocycles. The van der Waals surface area contributed by atoms with Gasteiger partial charge in [-0.15, -0.1) is 0 Å². The Bertz CT molecular complexity index is 1200. The number of carbonyl (C=O) groups excluding carboxylic acids is 1. The van der Waals surface area contributed by atoms with Crippen LogP contribution in [-0.2, 0) is 0 Å². The number of primary amides is 1. The summed E-state index contributed by atoms with van der Waals surface area (Å²) >= 11 is 3.41. The van der Waals surface area contributed by atoms with Gasteiger partial charge in [-0.1, -0.05) is 52.3 Å². The SMILES string of the molecule is NC(=O)c1cc2c(ccc3ccccc32)oc1=Nc1cccc(Br)c1. The molecule has 0 unspecified atom stereocenters. The Hall–Kier alpha value is -2.92. The molecule has 0 radical (unpaired) electrons. The molecule has 1 heterocycles. The van der Waals surface area contributed by atoms with Crippen LogP contribution in [0.25, 0.3) is 21.7 Å². The summed E-state index contributed by atoms with van der Waals surface area (Å²) < 4.78 is 6.81. The Morgan fingerprint density at radius 3 is 2.60 bits per heavy atom. The Morgan fingerprint density at radius 2 is 1.80 bits per heavy atom. The minimum Gasteiger partial charge on any atom is -0.438 e. The first-order chi connectivity index (χ1) is 12.1. The Kier molecular flexibility index (Phi) is 3.86. The lowest BCUT2D eigenvalue weighted by Gasteiger charge is -2.05. The summed E-state index contributed by atoms with van der Waals surface area (Å²) in [7, 11) is 0. The molecular weight excluding hydrogens is 380 g/mol. The third-order valence-electron chi connectivity index (χ3n) is 3.96. The number of rotatable bonds is 2. The predicted octanol–water partition coefficient (Wildman–Crippen LogP) is 4.68. The zero-order valence-corrected chi connectivity index (χ0v) is 14.7. The minimum absolute atomic E-state index is 0.202. The number of carbonyl (C=O) groups is 1. The molecule has 4 rings (SSSR count). The highest BCUT2D eigenvalue weighted by molar-refractivity contribution is 9.10. The molecule has 0 saturated heterocycles. The Morgan fingerprint density at radius 1 is 0.960 bits per heavy atom. The summed E-state index contributed by atoms with van der Waals surface area (Å²) in [4.78, 5) is 16.4. The van der Waals surface area contributed by atoms with E-state index in [1.54, 1.807) is 6.07 Å². The van der Waals surface area contributed by atoms with Gasteiger partial charge in [0.05, 0.1) is 5.69 Å². The van der Waals surface area contributed by atoms with Gasteiger partial charge in [-0.05, 0) is 41.1 Å². The van der Waals surface area contributed by atoms with Crippen molar-refractivity contribution in [3.63, 3.8) is 0 Å². The Labute approximate surface area is 151 Å². The summed E-state index contributed by atoms with van der Waals surface area (Å²) in [6.07, 6.45) is 0. The van der Waals surface area contributed by atoms with E-state index >= 15 is 0 Å². The molecule has 0 aliphatic rings. The first-order valence-corrected chi connectivity index (χ1v) is 8.47. The lowest BCUT2D eigenvalue weighted by Crippen LogP contribution is -2.21. The second-order valence-corrected chi connectivity index (χ2v) is 6.54. The smallest absolute Gasteiger partial charge is 0.254 e. The highest BCUT2D eigenvalue weighted by Gasteiger charge is 2.11. The first kappa shape index (κ1) is 15.6. The zero-order valence-electron chi connectivity index (χ0n) is 13.1. The van der Waals surface area contributed by atoms with Crippen molar-refractivity contribution in [1.82, 2.24) is 0 Å². The lowest BCUT2D eigenvalue weighted by atomic mass is 10.0. The molecule has 1 aromatic heterocycles. The van der Waals surface area contributed by atoms with Crippen LogP contribution in [0.1, 0.15) is 10.4 Å². The summed E-state index contributed by atoms with van der Waals surface area (Å²) in [6, 6.07) is 21.0. The van der Waals surface area contributed by atoms with Crippen LogP contribution in [0.3, 0.4) is 0 Å². The van der Waals surface area contributed by atoms with Crippen LogP contribution in [-0.4, -0.2) is 5.91 Å². The van der Waals surface area contributed by atoms with Gasteiger partial charge >= 0.3 is 0 Å². The van der Waals surface area contributed by atoms with Crippen LogP contribution < -0.4 is 11.3 Å². The molecule has 0 aliphatic heterocycles. The van der Waals surface area contributed by atoms with Crippen LogP contribution in [0.5, 0.6) is 0 Å². The molecule has 122 valence electrons. The fraction of sp³-hybridized carbons (Fsp3) is 0. The number of amides is 1. The van der Waals surface area contributed by atoms with Crippen LogP contribution in [0.4, 0.5) is 5.69 Å². The van der Waals surface area contributed by atoms with Crippen molar-refractivity contribution in [1.29, 1.82) is 0 Å². The molecule has 2 N–H and O–H groups in total. The number of nitrogens with zero attached hydrogens (tertiary/aromatic N) is 1. The highest BCUT2D eigenvalue weighted by atomic mass is 79.9. The van der Waals surface area contributed by atoms with Gasteiger partial charge in [0.25, 0.3) is 5.91 Å². The van der Waals surface area contributed by atoms with Crippen LogP contribution >= 0.6 is 15.9 Å². The van der Waals surface area contributed by atoms with Crippen LogP contribution in [0, 0.1) is 0 Å². The van der Waals surface area contributed by atoms with E-state index in [1.165, 1.54) is 0 Å². The van der Waals surface area contributed by atoms with Crippen molar-refractivity contribution >= 4 is 49.3 Å². The normalized spacial score (nSPS) is 12.0. The van der Waals surface area contributed by atoms with E-state index in [-0.39, 0.29) is 11.1 Å². The summed E-state index contributed by atoms with van der Waals surface area (Å²) in [5.41, 5.74) is 7.34. The van der Waals surface area contributed by atoms with Gasteiger partial charge in [0, 0.05) is 9.86 Å². The molecule has 4 nitrogen and oxygen atoms in total. The third-order valence-corrected chi connectivity index (χ3v) is 4.45. The maximum Gasteiger partial charge on any atom is 0.254 e. The maximum atomic E-state index is 12.0. The molecule has 4 aromatic rings. The second kappa shape index (κ2) is 6.18. The molecule has 0 aliphatic carbocycles. The highest BCUT2D eigenvalue weighted by Crippen LogP contribution is 2.25. The van der Waals surface area contributed by atoms with Crippen molar-refractivity contribution in [3.05, 3.63) is 82.3 Å². The number of nitrogens with two attached hydrogens (primary N) is 1. The number of halogens is 1. The summed E-state index contributed by atoms with van der Waals surface area (Å²) in [6.45, 7) is 0. The fourth-order valence-corrected chi connectivity index (χ4v) is 3.19. The summed E-state index contributed by atoms with van der Waals surface area (Å²) in [5.74, 6) is -0.577. The molecule has 3 aromatic carbocycles. The van der Waals surface area contributed by atoms with E-state index in [0.29, 0.717) is 11.3 Å². The predicted molar refractivity (Wildman–Crippen MR) is 102 cm³/mol. The molecule has 0 atom stereocenters. The van der Waals surface area contributed by atoms with E-state index in [4.69, 9.17) is 10.2 Å². The van der Waals surface area contributed by atoms with Gasteiger partial charge in [-0.25, -0.2) is 4.99 Å². The van der Waals surface area contributed by atoms with Gasteiger partial charge in [0.2, 0.25) is 5.55 Å². The maximum absolute atomic E-state index is 12.0. The quantitative estimate of drug-likeness (QED) is 0.503. The molecule has 5 heteroatoms. The van der Waals surface area contributed by atoms with Gasteiger partial charge in [0.15, 0.2) is 0 Å². The third kappa shape index (κ3) is 2.94. The number of benzene rings is 3. The number of hydrogen-bond donors (Lipinski definition) is 1. The molecule has 0 fully saturated rings. The van der Waals surface area contributed by atoms with E-state index < -0.39 is 5.91 Å². The van der Waals surface area contributed by atoms with Gasteiger partial charge in [0.1, 0.15) is 11.1 Å². The van der Waals surface area contributed by atoms with Crippen molar-refractivity contribution in [2.75, 3.05) is 0 Å². The van der Waals surface area contributed by atoms with Crippen LogP contribution in [0.15, 0.2) is 80.6 Å². The zero-order chi connectivity index (χ0) is 17.4. The van der Waals surface area contributed by atoms with Crippen molar-refractivity contribution in [2.45, 2.75) is 0 Å². The van der Waals surface area contributed by atoms with Crippen molar-refractivity contribution in [3.8, 4) is 0 Å². The van der Waals surface area contributed by atoms with Gasteiger partial charge in [-0.3, -0.25) is 4.79 Å². The Balaban J connectivity index is 2.06. The first-order valence-electron chi connectivity index (χ1n) is 7.67. The average Bonchev–Trinajstić information content (AvgIpc) is 2.61. The monoisotopic (exact) mass is 392 g/mol. The minimum atomic E-state index is -0.577. The van der Waals surface area contributed by atoms with Gasteiger partial charge < -0.3 is 10.2 Å². The van der Waals surface area contributed by atoms with E-state index in [1.807, 2.05) is 60.7 Å². The number of fused-ring (bicyclic) bond motifs is 3. The average molecular weight is 393 g/mol. The summed E-state index contributed by atoms with van der Waals surface area (Å²) in [5, 5.41) is 2.90. The molecule has 0 spiro atoms. The van der Waals surface area contributed by atoms with E-state index in [9.17, 15) is 4.79 Å². The lowest BCUT2D eigenvalue weighted by molar-refractivity contribution is 0.0996. The largest absolute Gasteiger partial charge is 0.438 e. The molecule has 0 bridgehead atoms. The van der Waals surface area contributed by atoms with E-state index in [0.717, 1.165) is 20.6 Å². The topological polar surface area (TPSA) is 68.6 Å². The van der Waals surface area contributed by atoms with E-state index in [2.05, 4.69) is 20.9 Å². The second-order valence-electron chi connectivity index (χ2n) is 5.62. The van der Waals surface area contributed by atoms with Crippen molar-refractivity contribution < 1.29 is 9.21 Å². The van der Waals surface area contributed by atoms with Crippen LogP contribution in [0.2, 0.25) is 0 Å². The van der Waals surface area contributed by atoms with Gasteiger partial charge in [-0.2, -0.15) is 0 Å². The fourth-order valence-electron chi connectivity index (χ4n) is 2.80. The molecular formula is C20H13BrN2O2. The van der Waals surface area contributed by atoms with Crippen molar-refractivity contribution in [2.24, 2.45) is 10.7 Å². The number of hydrogen-bond acceptors (Lipinski definition) is 3. The molecule has 25 heavy (non-hydrogen) atoms. The standard InChI is InChI=1S/C20H13BrN2O2/c21-13-5-3-6-14(10-13)23-20-17(19(22)24)11-16-15-7-2-1-4-12(15)8-9-18(16)25-20/h1-11H,(H2,22,24). The molecule has 1 amide bonds.